The van der Waals surface area contributed by atoms with Gasteiger partial charge in [0.15, 0.2) is 0 Å². The van der Waals surface area contributed by atoms with Gasteiger partial charge in [0.2, 0.25) is 0 Å². The Morgan fingerprint density at radius 3 is 1.80 bits per heavy atom. The minimum atomic E-state index is -2.11. The number of carbonyl (C=O) groups is 1. The molecule has 0 atom stereocenters. The fraction of sp³-hybridized carbons (Fsp3) is 0.944. The van der Waals surface area contributed by atoms with Crippen LogP contribution in [0.1, 0.15) is 54.4 Å². The number of nitrogens with one attached hydrogen (secondary N) is 1. The van der Waals surface area contributed by atoms with Gasteiger partial charge in [0, 0.05) is 20.8 Å². The lowest BCUT2D eigenvalue weighted by atomic mass is 10.4. The van der Waals surface area contributed by atoms with E-state index in [0.29, 0.717) is 29.6 Å². The summed E-state index contributed by atoms with van der Waals surface area (Å²) in [5.74, 6) is -0.0525. The van der Waals surface area contributed by atoms with Crippen molar-refractivity contribution in [3.8, 4) is 0 Å². The van der Waals surface area contributed by atoms with Crippen molar-refractivity contribution in [1.29, 1.82) is 0 Å². The van der Waals surface area contributed by atoms with E-state index in [1.165, 1.54) is 0 Å². The van der Waals surface area contributed by atoms with Gasteiger partial charge in [0.1, 0.15) is 0 Å². The minimum absolute atomic E-state index is 0.0525. The molecule has 5 nitrogen and oxygen atoms in total. The normalized spacial score (nSPS) is 13.1. The summed E-state index contributed by atoms with van der Waals surface area (Å²) < 4.78 is 17.1. The minimum Gasteiger partial charge on any atom is -0.518 e. The summed E-state index contributed by atoms with van der Waals surface area (Å²) >= 11 is 0. The predicted molar refractivity (Wildman–Crippen MR) is 110 cm³/mol. The van der Waals surface area contributed by atoms with Gasteiger partial charge in [-0.2, -0.15) is 0 Å². The van der Waals surface area contributed by atoms with Crippen molar-refractivity contribution in [2.24, 2.45) is 0 Å². The molecule has 0 radical (unpaired) electrons. The van der Waals surface area contributed by atoms with Crippen LogP contribution in [0, 0.1) is 0 Å². The van der Waals surface area contributed by atoms with Crippen LogP contribution in [-0.2, 0) is 18.1 Å². The largest absolute Gasteiger partial charge is 0.518 e. The van der Waals surface area contributed by atoms with Gasteiger partial charge in [0.05, 0.1) is 6.42 Å². The average molecular weight is 392 g/mol. The zero-order valence-corrected chi connectivity index (χ0v) is 19.9. The Kier molecular flexibility index (Phi) is 11.4. The molecule has 0 saturated heterocycles. The van der Waals surface area contributed by atoms with Crippen LogP contribution >= 0.6 is 0 Å². The first-order valence-electron chi connectivity index (χ1n) is 9.58. The average Bonchev–Trinajstić information content (AvgIpc) is 2.54. The maximum absolute atomic E-state index is 12.4. The highest BCUT2D eigenvalue weighted by Crippen LogP contribution is 2.42. The first kappa shape index (κ1) is 24.8. The van der Waals surface area contributed by atoms with Crippen LogP contribution in [0.4, 0.5) is 0 Å². The van der Waals surface area contributed by atoms with Crippen LogP contribution in [-0.4, -0.2) is 50.2 Å². The summed E-state index contributed by atoms with van der Waals surface area (Å²) in [7, 11) is -0.649. The van der Waals surface area contributed by atoms with Crippen molar-refractivity contribution in [3.63, 3.8) is 0 Å². The maximum Gasteiger partial charge on any atom is 0.334 e. The number of hydrogen-bond acceptors (Lipinski definition) is 5. The standard InChI is InChI=1S/C18H41NO4Si2/c1-15(2)25(16(3)4,17(5)6)23-18(20)11-13-19-12-10-14-24(9,21-7)22-8/h15-17,19H,10-14H2,1-9H3. The first-order valence-corrected chi connectivity index (χ1v) is 14.2. The van der Waals surface area contributed by atoms with Crippen molar-refractivity contribution >= 4 is 22.8 Å². The lowest BCUT2D eigenvalue weighted by molar-refractivity contribution is -0.135. The number of hydrogen-bond donors (Lipinski definition) is 1. The maximum atomic E-state index is 12.4. The molecule has 0 rings (SSSR count). The zero-order valence-electron chi connectivity index (χ0n) is 17.9. The smallest absolute Gasteiger partial charge is 0.334 e. The van der Waals surface area contributed by atoms with E-state index in [9.17, 15) is 4.79 Å². The quantitative estimate of drug-likeness (QED) is 0.371. The van der Waals surface area contributed by atoms with E-state index >= 15 is 0 Å². The molecule has 0 aromatic carbocycles. The molecular formula is C18H41NO4Si2. The van der Waals surface area contributed by atoms with Gasteiger partial charge >= 0.3 is 8.56 Å². The summed E-state index contributed by atoms with van der Waals surface area (Å²) in [6.07, 6.45) is 1.42. The van der Waals surface area contributed by atoms with Crippen molar-refractivity contribution in [1.82, 2.24) is 5.32 Å². The second kappa shape index (κ2) is 11.5. The second-order valence-corrected chi connectivity index (χ2v) is 16.9. The highest BCUT2D eigenvalue weighted by atomic mass is 28.4. The zero-order chi connectivity index (χ0) is 19.7. The summed E-state index contributed by atoms with van der Waals surface area (Å²) in [6, 6.07) is 0.946. The SMILES string of the molecule is CO[Si](C)(CCCNCCC(=O)O[Si](C(C)C)(C(C)C)C(C)C)OC. The van der Waals surface area contributed by atoms with Gasteiger partial charge in [-0.3, -0.25) is 4.79 Å². The lowest BCUT2D eigenvalue weighted by Crippen LogP contribution is -2.49. The van der Waals surface area contributed by atoms with Crippen LogP contribution in [0.2, 0.25) is 29.2 Å². The molecule has 0 saturated carbocycles. The number of carbonyl (C=O) groups excluding carboxylic acids is 1. The predicted octanol–water partition coefficient (Wildman–Crippen LogP) is 4.44. The van der Waals surface area contributed by atoms with E-state index in [4.69, 9.17) is 13.3 Å². The highest BCUT2D eigenvalue weighted by Gasteiger charge is 2.47. The summed E-state index contributed by atoms with van der Waals surface area (Å²) in [5, 5.41) is 3.34. The molecule has 0 aliphatic carbocycles. The van der Waals surface area contributed by atoms with E-state index in [2.05, 4.69) is 53.4 Å². The van der Waals surface area contributed by atoms with Crippen LogP contribution < -0.4 is 5.32 Å². The Labute approximate surface area is 157 Å². The van der Waals surface area contributed by atoms with Gasteiger partial charge in [-0.05, 0) is 42.2 Å². The van der Waals surface area contributed by atoms with Crippen LogP contribution in [0.3, 0.4) is 0 Å². The fourth-order valence-corrected chi connectivity index (χ4v) is 10.3. The molecule has 150 valence electrons. The van der Waals surface area contributed by atoms with Gasteiger partial charge in [-0.25, -0.2) is 0 Å². The highest BCUT2D eigenvalue weighted by molar-refractivity contribution is 6.78. The third kappa shape index (κ3) is 7.50. The fourth-order valence-electron chi connectivity index (χ4n) is 3.74. The van der Waals surface area contributed by atoms with E-state index in [1.54, 1.807) is 14.2 Å². The molecule has 1 N–H and O–H groups in total. The molecule has 0 heterocycles. The first-order chi connectivity index (χ1) is 11.6. The molecule has 0 aliphatic heterocycles. The van der Waals surface area contributed by atoms with E-state index in [1.807, 2.05) is 0 Å². The van der Waals surface area contributed by atoms with Crippen LogP contribution in [0.25, 0.3) is 0 Å². The van der Waals surface area contributed by atoms with E-state index in [0.717, 1.165) is 19.0 Å². The molecule has 0 bridgehead atoms. The number of rotatable bonds is 13. The molecule has 0 aliphatic rings. The monoisotopic (exact) mass is 391 g/mol. The van der Waals surface area contributed by atoms with Crippen molar-refractivity contribution in [2.75, 3.05) is 27.3 Å². The summed E-state index contributed by atoms with van der Waals surface area (Å²) in [5.41, 5.74) is 1.28. The molecule has 0 aromatic rings. The van der Waals surface area contributed by atoms with Crippen LogP contribution in [0.15, 0.2) is 0 Å². The molecular weight excluding hydrogens is 350 g/mol. The Bertz CT molecular complexity index is 363. The summed E-state index contributed by atoms with van der Waals surface area (Å²) in [6.45, 7) is 16.8. The van der Waals surface area contributed by atoms with Crippen molar-refractivity contribution in [2.45, 2.75) is 83.6 Å². The Balaban J connectivity index is 4.30. The van der Waals surface area contributed by atoms with Gasteiger partial charge in [0.25, 0.3) is 14.3 Å². The van der Waals surface area contributed by atoms with E-state index < -0.39 is 16.9 Å². The topological polar surface area (TPSA) is 56.8 Å². The molecule has 0 amide bonds. The molecule has 25 heavy (non-hydrogen) atoms. The molecule has 0 unspecified atom stereocenters. The second-order valence-electron chi connectivity index (χ2n) is 7.94. The Hall–Kier alpha value is -0.216. The van der Waals surface area contributed by atoms with Gasteiger partial charge in [-0.1, -0.05) is 41.5 Å². The van der Waals surface area contributed by atoms with Gasteiger partial charge in [-0.15, -0.1) is 0 Å². The van der Waals surface area contributed by atoms with Gasteiger partial charge < -0.3 is 18.6 Å². The molecule has 0 aromatic heterocycles. The third-order valence-electron chi connectivity index (χ3n) is 5.35. The van der Waals surface area contributed by atoms with Crippen molar-refractivity contribution in [3.05, 3.63) is 0 Å². The Morgan fingerprint density at radius 2 is 1.40 bits per heavy atom. The molecule has 7 heteroatoms. The molecule has 0 fully saturated rings. The van der Waals surface area contributed by atoms with Crippen molar-refractivity contribution < 1.29 is 18.1 Å². The summed E-state index contributed by atoms with van der Waals surface area (Å²) in [4.78, 5) is 12.4. The van der Waals surface area contributed by atoms with E-state index in [-0.39, 0.29) is 5.97 Å². The molecule has 0 spiro atoms. The van der Waals surface area contributed by atoms with Crippen LogP contribution in [0.5, 0.6) is 0 Å². The third-order valence-corrected chi connectivity index (χ3v) is 14.3. The lowest BCUT2D eigenvalue weighted by Gasteiger charge is -2.41. The Morgan fingerprint density at radius 1 is 0.920 bits per heavy atom.